The van der Waals surface area contributed by atoms with Gasteiger partial charge in [-0.2, -0.15) is 0 Å². The van der Waals surface area contributed by atoms with E-state index < -0.39 is 12.0 Å². The molecule has 0 aliphatic heterocycles. The number of methoxy groups -OCH3 is 1. The van der Waals surface area contributed by atoms with Crippen molar-refractivity contribution in [3.05, 3.63) is 30.2 Å². The molecular weight excluding hydrogens is 210 g/mol. The minimum Gasteiger partial charge on any atom is -0.467 e. The van der Waals surface area contributed by atoms with Crippen molar-refractivity contribution in [2.45, 2.75) is 13.0 Å². The lowest BCUT2D eigenvalue weighted by atomic mass is 10.3. The Balaban J connectivity index is 2.45. The van der Waals surface area contributed by atoms with Gasteiger partial charge in [0, 0.05) is 6.08 Å². The summed E-state index contributed by atoms with van der Waals surface area (Å²) in [5.41, 5.74) is 0. The van der Waals surface area contributed by atoms with Crippen LogP contribution in [0, 0.1) is 0 Å². The quantitative estimate of drug-likeness (QED) is 0.610. The largest absolute Gasteiger partial charge is 0.467 e. The Labute approximate surface area is 93.1 Å². The molecule has 0 aromatic carbocycles. The molecule has 1 amide bonds. The number of amides is 1. The summed E-state index contributed by atoms with van der Waals surface area (Å²) in [6, 6.07) is 2.76. The first-order valence-electron chi connectivity index (χ1n) is 4.73. The molecule has 16 heavy (non-hydrogen) atoms. The molecule has 0 saturated carbocycles. The van der Waals surface area contributed by atoms with E-state index in [2.05, 4.69) is 10.1 Å². The molecule has 1 aromatic heterocycles. The number of nitrogens with one attached hydrogen (secondary N) is 1. The van der Waals surface area contributed by atoms with Crippen LogP contribution in [0.15, 0.2) is 28.9 Å². The van der Waals surface area contributed by atoms with Gasteiger partial charge >= 0.3 is 5.97 Å². The molecule has 1 N–H and O–H groups in total. The van der Waals surface area contributed by atoms with Gasteiger partial charge in [0.15, 0.2) is 0 Å². The van der Waals surface area contributed by atoms with Crippen molar-refractivity contribution in [2.75, 3.05) is 7.11 Å². The number of carbonyl (C=O) groups is 2. The fourth-order valence-electron chi connectivity index (χ4n) is 1.04. The Morgan fingerprint density at radius 2 is 2.31 bits per heavy atom. The normalized spacial score (nSPS) is 12.4. The molecule has 0 spiro atoms. The first kappa shape index (κ1) is 12.0. The maximum atomic E-state index is 11.3. The van der Waals surface area contributed by atoms with Gasteiger partial charge in [-0.15, -0.1) is 0 Å². The molecule has 1 rings (SSSR count). The number of hydrogen-bond donors (Lipinski definition) is 1. The number of carbonyl (C=O) groups excluding carboxylic acids is 2. The third-order valence-corrected chi connectivity index (χ3v) is 1.86. The highest BCUT2D eigenvalue weighted by molar-refractivity contribution is 5.94. The van der Waals surface area contributed by atoms with Crippen LogP contribution in [0.3, 0.4) is 0 Å². The first-order valence-corrected chi connectivity index (χ1v) is 4.73. The van der Waals surface area contributed by atoms with Gasteiger partial charge in [-0.25, -0.2) is 4.79 Å². The van der Waals surface area contributed by atoms with E-state index >= 15 is 0 Å². The molecule has 1 aromatic rings. The fourth-order valence-corrected chi connectivity index (χ4v) is 1.04. The predicted octanol–water partition coefficient (Wildman–Crippen LogP) is 0.970. The van der Waals surface area contributed by atoms with Crippen molar-refractivity contribution in [1.82, 2.24) is 5.32 Å². The van der Waals surface area contributed by atoms with Crippen LogP contribution < -0.4 is 5.32 Å². The minimum absolute atomic E-state index is 0.380. The zero-order chi connectivity index (χ0) is 12.0. The van der Waals surface area contributed by atoms with Gasteiger partial charge < -0.3 is 14.5 Å². The van der Waals surface area contributed by atoms with E-state index in [0.29, 0.717) is 5.76 Å². The standard InChI is InChI=1S/C11H13NO4/c1-8(11(14)15-2)12-10(13)6-5-9-4-3-7-16-9/h3-8H,1-2H3,(H,12,13)/b6-5+/t8-/m1/s1. The summed E-state index contributed by atoms with van der Waals surface area (Å²) in [6.07, 6.45) is 4.31. The summed E-state index contributed by atoms with van der Waals surface area (Å²) in [7, 11) is 1.27. The summed E-state index contributed by atoms with van der Waals surface area (Å²) in [5, 5.41) is 2.45. The summed E-state index contributed by atoms with van der Waals surface area (Å²) in [4.78, 5) is 22.3. The Morgan fingerprint density at radius 3 is 2.88 bits per heavy atom. The van der Waals surface area contributed by atoms with Crippen molar-refractivity contribution in [3.8, 4) is 0 Å². The average Bonchev–Trinajstić information content (AvgIpc) is 2.78. The van der Waals surface area contributed by atoms with E-state index in [-0.39, 0.29) is 5.91 Å². The molecule has 5 heteroatoms. The van der Waals surface area contributed by atoms with Crippen LogP contribution in [0.1, 0.15) is 12.7 Å². The minimum atomic E-state index is -0.668. The Hall–Kier alpha value is -2.04. The zero-order valence-electron chi connectivity index (χ0n) is 9.10. The molecule has 0 fully saturated rings. The Bertz CT molecular complexity index is 381. The average molecular weight is 223 g/mol. The van der Waals surface area contributed by atoms with Gasteiger partial charge in [0.25, 0.3) is 0 Å². The highest BCUT2D eigenvalue weighted by Crippen LogP contribution is 2.01. The van der Waals surface area contributed by atoms with Crippen LogP contribution in [-0.2, 0) is 14.3 Å². The van der Waals surface area contributed by atoms with Crippen LogP contribution in [-0.4, -0.2) is 25.0 Å². The van der Waals surface area contributed by atoms with Gasteiger partial charge in [0.2, 0.25) is 5.91 Å². The molecule has 0 aliphatic rings. The first-order chi connectivity index (χ1) is 7.63. The second-order valence-electron chi connectivity index (χ2n) is 3.10. The van der Waals surface area contributed by atoms with Crippen molar-refractivity contribution in [2.24, 2.45) is 0 Å². The van der Waals surface area contributed by atoms with E-state index in [9.17, 15) is 9.59 Å². The number of furan rings is 1. The third kappa shape index (κ3) is 3.61. The highest BCUT2D eigenvalue weighted by Gasteiger charge is 2.13. The van der Waals surface area contributed by atoms with Crippen LogP contribution in [0.5, 0.6) is 0 Å². The van der Waals surface area contributed by atoms with Crippen LogP contribution in [0.25, 0.3) is 6.08 Å². The molecule has 0 bridgehead atoms. The van der Waals surface area contributed by atoms with Crippen LogP contribution in [0.4, 0.5) is 0 Å². The van der Waals surface area contributed by atoms with Gasteiger partial charge in [-0.3, -0.25) is 4.79 Å². The summed E-state index contributed by atoms with van der Waals surface area (Å²) in [6.45, 7) is 1.55. The van der Waals surface area contributed by atoms with E-state index in [1.807, 2.05) is 0 Å². The van der Waals surface area contributed by atoms with Crippen LogP contribution >= 0.6 is 0 Å². The van der Waals surface area contributed by atoms with Gasteiger partial charge in [0.05, 0.1) is 13.4 Å². The van der Waals surface area contributed by atoms with E-state index in [1.165, 1.54) is 25.5 Å². The van der Waals surface area contributed by atoms with E-state index in [0.717, 1.165) is 0 Å². The summed E-state index contributed by atoms with van der Waals surface area (Å²) >= 11 is 0. The second kappa shape index (κ2) is 5.75. The molecule has 0 radical (unpaired) electrons. The van der Waals surface area contributed by atoms with Gasteiger partial charge in [-0.1, -0.05) is 0 Å². The van der Waals surface area contributed by atoms with Crippen molar-refractivity contribution >= 4 is 18.0 Å². The van der Waals surface area contributed by atoms with E-state index in [1.54, 1.807) is 19.1 Å². The smallest absolute Gasteiger partial charge is 0.328 e. The Kier molecular flexibility index (Phi) is 4.32. The SMILES string of the molecule is COC(=O)[C@@H](C)NC(=O)/C=C/c1ccco1. The second-order valence-corrected chi connectivity index (χ2v) is 3.10. The maximum absolute atomic E-state index is 11.3. The van der Waals surface area contributed by atoms with Gasteiger partial charge in [0.1, 0.15) is 11.8 Å². The topological polar surface area (TPSA) is 68.5 Å². The van der Waals surface area contributed by atoms with Gasteiger partial charge in [-0.05, 0) is 25.1 Å². The zero-order valence-corrected chi connectivity index (χ0v) is 9.10. The summed E-state index contributed by atoms with van der Waals surface area (Å²) in [5.74, 6) is -0.296. The number of esters is 1. The lowest BCUT2D eigenvalue weighted by Crippen LogP contribution is -2.38. The molecule has 1 heterocycles. The van der Waals surface area contributed by atoms with E-state index in [4.69, 9.17) is 4.42 Å². The monoisotopic (exact) mass is 223 g/mol. The molecule has 1 atom stereocenters. The fraction of sp³-hybridized carbons (Fsp3) is 0.273. The molecule has 5 nitrogen and oxygen atoms in total. The molecule has 86 valence electrons. The van der Waals surface area contributed by atoms with Crippen molar-refractivity contribution in [1.29, 1.82) is 0 Å². The molecule has 0 unspecified atom stereocenters. The third-order valence-electron chi connectivity index (χ3n) is 1.86. The van der Waals surface area contributed by atoms with Crippen molar-refractivity contribution < 1.29 is 18.7 Å². The van der Waals surface area contributed by atoms with Crippen LogP contribution in [0.2, 0.25) is 0 Å². The lowest BCUT2D eigenvalue weighted by Gasteiger charge is -2.08. The molecule has 0 aliphatic carbocycles. The molecule has 0 saturated heterocycles. The summed E-state index contributed by atoms with van der Waals surface area (Å²) < 4.78 is 9.47. The maximum Gasteiger partial charge on any atom is 0.328 e. The molecular formula is C11H13NO4. The lowest BCUT2D eigenvalue weighted by molar-refractivity contribution is -0.144. The number of hydrogen-bond acceptors (Lipinski definition) is 4. The van der Waals surface area contributed by atoms with Crippen molar-refractivity contribution in [3.63, 3.8) is 0 Å². The Morgan fingerprint density at radius 1 is 1.56 bits per heavy atom. The highest BCUT2D eigenvalue weighted by atomic mass is 16.5. The number of rotatable bonds is 4. The number of ether oxygens (including phenoxy) is 1. The predicted molar refractivity (Wildman–Crippen MR) is 57.4 cm³/mol.